The Bertz CT molecular complexity index is 540. The number of nitrogens with zero attached hydrogens (tertiary/aromatic N) is 1. The number of halogens is 2. The van der Waals surface area contributed by atoms with Crippen molar-refractivity contribution in [1.29, 1.82) is 0 Å². The minimum atomic E-state index is -0.443. The van der Waals surface area contributed by atoms with Crippen molar-refractivity contribution in [3.05, 3.63) is 40.8 Å². The van der Waals surface area contributed by atoms with Gasteiger partial charge in [-0.1, -0.05) is 30.6 Å². The van der Waals surface area contributed by atoms with Gasteiger partial charge in [-0.3, -0.25) is 0 Å². The number of hydrogen-bond acceptors (Lipinski definition) is 3. The predicted molar refractivity (Wildman–Crippen MR) is 68.9 cm³/mol. The van der Waals surface area contributed by atoms with Crippen molar-refractivity contribution < 1.29 is 8.91 Å². The Morgan fingerprint density at radius 2 is 2.17 bits per heavy atom. The van der Waals surface area contributed by atoms with Crippen LogP contribution in [0.25, 0.3) is 11.3 Å². The third-order valence-corrected chi connectivity index (χ3v) is 2.74. The van der Waals surface area contributed by atoms with Crippen LogP contribution in [0.5, 0.6) is 0 Å². The Morgan fingerprint density at radius 3 is 2.83 bits per heavy atom. The standard InChI is InChI=1S/C13H14ClFN2O/c1-8(2)16-7-10-6-13(18-17-10)9-3-4-12(15)11(14)5-9/h3-6,8,16H,7H2,1-2H3. The van der Waals surface area contributed by atoms with E-state index in [1.807, 2.05) is 6.07 Å². The predicted octanol–water partition coefficient (Wildman–Crippen LogP) is 3.63. The summed E-state index contributed by atoms with van der Waals surface area (Å²) in [4.78, 5) is 0. The highest BCUT2D eigenvalue weighted by molar-refractivity contribution is 6.31. The van der Waals surface area contributed by atoms with Crippen molar-refractivity contribution in [2.24, 2.45) is 0 Å². The second-order valence-corrected chi connectivity index (χ2v) is 4.75. The Balaban J connectivity index is 2.16. The molecule has 0 aliphatic rings. The molecule has 0 spiro atoms. The van der Waals surface area contributed by atoms with Gasteiger partial charge in [0, 0.05) is 24.2 Å². The van der Waals surface area contributed by atoms with Crippen LogP contribution in [-0.2, 0) is 6.54 Å². The van der Waals surface area contributed by atoms with Crippen LogP contribution in [0, 0.1) is 5.82 Å². The van der Waals surface area contributed by atoms with Gasteiger partial charge in [-0.15, -0.1) is 0 Å². The van der Waals surface area contributed by atoms with Gasteiger partial charge in [0.2, 0.25) is 0 Å². The fourth-order valence-electron chi connectivity index (χ4n) is 1.49. The minimum absolute atomic E-state index is 0.0748. The summed E-state index contributed by atoms with van der Waals surface area (Å²) in [6, 6.07) is 6.65. The van der Waals surface area contributed by atoms with E-state index < -0.39 is 5.82 Å². The van der Waals surface area contributed by atoms with E-state index in [9.17, 15) is 4.39 Å². The Kier molecular flexibility index (Phi) is 3.99. The monoisotopic (exact) mass is 268 g/mol. The minimum Gasteiger partial charge on any atom is -0.356 e. The van der Waals surface area contributed by atoms with E-state index in [4.69, 9.17) is 16.1 Å². The molecule has 0 saturated carbocycles. The zero-order chi connectivity index (χ0) is 13.1. The first-order valence-electron chi connectivity index (χ1n) is 5.70. The maximum absolute atomic E-state index is 13.0. The Morgan fingerprint density at radius 1 is 1.39 bits per heavy atom. The second-order valence-electron chi connectivity index (χ2n) is 4.35. The molecular formula is C13H14ClFN2O. The molecule has 1 aromatic carbocycles. The molecule has 0 fully saturated rings. The molecule has 0 radical (unpaired) electrons. The average molecular weight is 269 g/mol. The number of benzene rings is 1. The molecule has 2 aromatic rings. The van der Waals surface area contributed by atoms with Crippen LogP contribution in [0.1, 0.15) is 19.5 Å². The smallest absolute Gasteiger partial charge is 0.167 e. The molecule has 1 N–H and O–H groups in total. The zero-order valence-corrected chi connectivity index (χ0v) is 11.0. The molecule has 2 rings (SSSR count). The largest absolute Gasteiger partial charge is 0.356 e. The molecule has 1 aromatic heterocycles. The molecule has 0 aliphatic carbocycles. The molecule has 3 nitrogen and oxygen atoms in total. The normalized spacial score (nSPS) is 11.2. The number of hydrogen-bond donors (Lipinski definition) is 1. The molecule has 18 heavy (non-hydrogen) atoms. The van der Waals surface area contributed by atoms with Crippen molar-refractivity contribution in [3.8, 4) is 11.3 Å². The SMILES string of the molecule is CC(C)NCc1cc(-c2ccc(F)c(Cl)c2)on1. The first-order valence-corrected chi connectivity index (χ1v) is 6.08. The van der Waals surface area contributed by atoms with Gasteiger partial charge in [0.15, 0.2) is 5.76 Å². The molecule has 0 atom stereocenters. The lowest BCUT2D eigenvalue weighted by Gasteiger charge is -2.03. The lowest BCUT2D eigenvalue weighted by Crippen LogP contribution is -2.21. The summed E-state index contributed by atoms with van der Waals surface area (Å²) in [5.74, 6) is 0.138. The van der Waals surface area contributed by atoms with E-state index in [1.165, 1.54) is 12.1 Å². The maximum atomic E-state index is 13.0. The topological polar surface area (TPSA) is 38.1 Å². The lowest BCUT2D eigenvalue weighted by molar-refractivity contribution is 0.417. The Labute approximate surface area is 110 Å². The van der Waals surface area contributed by atoms with Crippen molar-refractivity contribution in [2.75, 3.05) is 0 Å². The van der Waals surface area contributed by atoms with E-state index in [0.717, 1.165) is 5.69 Å². The van der Waals surface area contributed by atoms with Gasteiger partial charge in [0.25, 0.3) is 0 Å². The molecule has 0 amide bonds. The summed E-state index contributed by atoms with van der Waals surface area (Å²) in [5.41, 5.74) is 1.52. The van der Waals surface area contributed by atoms with Gasteiger partial charge in [0.05, 0.1) is 10.7 Å². The summed E-state index contributed by atoms with van der Waals surface area (Å²) >= 11 is 5.72. The first-order chi connectivity index (χ1) is 8.56. The quantitative estimate of drug-likeness (QED) is 0.920. The average Bonchev–Trinajstić information content (AvgIpc) is 2.79. The van der Waals surface area contributed by atoms with Crippen molar-refractivity contribution in [3.63, 3.8) is 0 Å². The van der Waals surface area contributed by atoms with Crippen LogP contribution in [0.2, 0.25) is 5.02 Å². The zero-order valence-electron chi connectivity index (χ0n) is 10.2. The van der Waals surface area contributed by atoms with Crippen molar-refractivity contribution in [1.82, 2.24) is 10.5 Å². The third-order valence-electron chi connectivity index (χ3n) is 2.45. The van der Waals surface area contributed by atoms with E-state index in [2.05, 4.69) is 24.3 Å². The van der Waals surface area contributed by atoms with Gasteiger partial charge in [-0.25, -0.2) is 4.39 Å². The number of rotatable bonds is 4. The third kappa shape index (κ3) is 3.09. The Hall–Kier alpha value is -1.39. The van der Waals surface area contributed by atoms with Crippen molar-refractivity contribution >= 4 is 11.6 Å². The van der Waals surface area contributed by atoms with Crippen LogP contribution in [0.3, 0.4) is 0 Å². The fraction of sp³-hybridized carbons (Fsp3) is 0.308. The summed E-state index contributed by atoms with van der Waals surface area (Å²) in [6.07, 6.45) is 0. The van der Waals surface area contributed by atoms with E-state index in [1.54, 1.807) is 6.07 Å². The molecule has 96 valence electrons. The highest BCUT2D eigenvalue weighted by Crippen LogP contribution is 2.25. The maximum Gasteiger partial charge on any atom is 0.167 e. The van der Waals surface area contributed by atoms with Gasteiger partial charge in [0.1, 0.15) is 5.82 Å². The lowest BCUT2D eigenvalue weighted by atomic mass is 10.1. The summed E-state index contributed by atoms with van der Waals surface area (Å²) < 4.78 is 18.2. The summed E-state index contributed by atoms with van der Waals surface area (Å²) in [7, 11) is 0. The van der Waals surface area contributed by atoms with Crippen LogP contribution < -0.4 is 5.32 Å². The van der Waals surface area contributed by atoms with Crippen molar-refractivity contribution in [2.45, 2.75) is 26.4 Å². The highest BCUT2D eigenvalue weighted by Gasteiger charge is 2.09. The molecule has 5 heteroatoms. The molecular weight excluding hydrogens is 255 g/mol. The first kappa shape index (κ1) is 13.1. The summed E-state index contributed by atoms with van der Waals surface area (Å²) in [6.45, 7) is 4.75. The van der Waals surface area contributed by atoms with Crippen LogP contribution in [0.4, 0.5) is 4.39 Å². The van der Waals surface area contributed by atoms with Crippen LogP contribution in [0.15, 0.2) is 28.8 Å². The number of nitrogens with one attached hydrogen (secondary N) is 1. The van der Waals surface area contributed by atoms with Crippen LogP contribution in [-0.4, -0.2) is 11.2 Å². The van der Waals surface area contributed by atoms with Gasteiger partial charge in [-0.2, -0.15) is 0 Å². The summed E-state index contributed by atoms with van der Waals surface area (Å²) in [5, 5.41) is 7.26. The van der Waals surface area contributed by atoms with Gasteiger partial charge >= 0.3 is 0 Å². The second kappa shape index (κ2) is 5.50. The van der Waals surface area contributed by atoms with E-state index in [0.29, 0.717) is 23.9 Å². The highest BCUT2D eigenvalue weighted by atomic mass is 35.5. The number of aromatic nitrogens is 1. The van der Waals surface area contributed by atoms with Gasteiger partial charge < -0.3 is 9.84 Å². The molecule has 0 aliphatic heterocycles. The van der Waals surface area contributed by atoms with E-state index >= 15 is 0 Å². The molecule has 0 unspecified atom stereocenters. The van der Waals surface area contributed by atoms with E-state index in [-0.39, 0.29) is 5.02 Å². The fourth-order valence-corrected chi connectivity index (χ4v) is 1.67. The molecule has 1 heterocycles. The van der Waals surface area contributed by atoms with Crippen LogP contribution >= 0.6 is 11.6 Å². The van der Waals surface area contributed by atoms with Gasteiger partial charge in [-0.05, 0) is 18.2 Å². The molecule has 0 saturated heterocycles. The molecule has 0 bridgehead atoms.